The Morgan fingerprint density at radius 3 is 2.14 bits per heavy atom. The van der Waals surface area contributed by atoms with Crippen molar-refractivity contribution in [2.75, 3.05) is 4.72 Å². The summed E-state index contributed by atoms with van der Waals surface area (Å²) in [5.41, 5.74) is -1.26. The predicted molar refractivity (Wildman–Crippen MR) is 76.4 cm³/mol. The lowest BCUT2D eigenvalue weighted by Crippen LogP contribution is -2.14. The van der Waals surface area contributed by atoms with E-state index in [4.69, 9.17) is 0 Å². The van der Waals surface area contributed by atoms with Crippen molar-refractivity contribution < 1.29 is 26.0 Å². The van der Waals surface area contributed by atoms with E-state index >= 15 is 0 Å². The molecule has 0 spiro atoms. The fourth-order valence-corrected chi connectivity index (χ4v) is 3.15. The zero-order valence-corrected chi connectivity index (χ0v) is 13.1. The molecule has 1 N–H and O–H groups in total. The van der Waals surface area contributed by atoms with Crippen LogP contribution in [-0.4, -0.2) is 8.42 Å². The highest BCUT2D eigenvalue weighted by Gasteiger charge is 2.33. The zero-order chi connectivity index (χ0) is 16.5. The highest BCUT2D eigenvalue weighted by atomic mass is 79.9. The Bertz CT molecular complexity index is 789. The summed E-state index contributed by atoms with van der Waals surface area (Å²) < 4.78 is 77.0. The Kier molecular flexibility index (Phi) is 4.48. The fraction of sp³-hybridized carbons (Fsp3) is 0.0769. The van der Waals surface area contributed by atoms with Gasteiger partial charge in [0.05, 0.1) is 10.5 Å². The molecule has 2 rings (SSSR count). The number of anilines is 1. The highest BCUT2D eigenvalue weighted by molar-refractivity contribution is 9.10. The lowest BCUT2D eigenvalue weighted by Gasteiger charge is -2.13. The molecule has 0 fully saturated rings. The third kappa shape index (κ3) is 3.77. The van der Waals surface area contributed by atoms with Gasteiger partial charge in [-0.1, -0.05) is 15.9 Å². The number of hydrogen-bond acceptors (Lipinski definition) is 2. The fourth-order valence-electron chi connectivity index (χ4n) is 1.63. The van der Waals surface area contributed by atoms with Gasteiger partial charge < -0.3 is 0 Å². The SMILES string of the molecule is O=S(=O)(Nc1ccc(Br)c(C(F)(F)F)c1)c1ccc(F)cc1. The first kappa shape index (κ1) is 16.8. The van der Waals surface area contributed by atoms with Crippen LogP contribution >= 0.6 is 15.9 Å². The first-order valence-electron chi connectivity index (χ1n) is 5.75. The molecular weight excluding hydrogens is 390 g/mol. The van der Waals surface area contributed by atoms with Crippen molar-refractivity contribution in [3.8, 4) is 0 Å². The van der Waals surface area contributed by atoms with E-state index < -0.39 is 27.6 Å². The quantitative estimate of drug-likeness (QED) is 0.779. The Labute approximate surface area is 132 Å². The number of rotatable bonds is 3. The Morgan fingerprint density at radius 1 is 1.00 bits per heavy atom. The largest absolute Gasteiger partial charge is 0.417 e. The van der Waals surface area contributed by atoms with Gasteiger partial charge in [0.2, 0.25) is 0 Å². The van der Waals surface area contributed by atoms with Gasteiger partial charge in [0.15, 0.2) is 0 Å². The van der Waals surface area contributed by atoms with Gasteiger partial charge in [0, 0.05) is 10.2 Å². The lowest BCUT2D eigenvalue weighted by atomic mass is 10.2. The molecule has 3 nitrogen and oxygen atoms in total. The second-order valence-electron chi connectivity index (χ2n) is 4.25. The molecule has 22 heavy (non-hydrogen) atoms. The number of halogens is 5. The van der Waals surface area contributed by atoms with Crippen LogP contribution in [0, 0.1) is 5.82 Å². The molecule has 0 saturated carbocycles. The van der Waals surface area contributed by atoms with Crippen LogP contribution in [0.5, 0.6) is 0 Å². The molecule has 2 aromatic carbocycles. The Balaban J connectivity index is 2.36. The first-order valence-corrected chi connectivity index (χ1v) is 8.02. The van der Waals surface area contributed by atoms with Crippen LogP contribution in [0.1, 0.15) is 5.56 Å². The average molecular weight is 398 g/mol. The second kappa shape index (κ2) is 5.88. The van der Waals surface area contributed by atoms with E-state index in [1.54, 1.807) is 0 Å². The van der Waals surface area contributed by atoms with Crippen LogP contribution in [-0.2, 0) is 16.2 Å². The van der Waals surface area contributed by atoms with E-state index in [1.807, 2.05) is 4.72 Å². The normalized spacial score (nSPS) is 12.2. The smallest absolute Gasteiger partial charge is 0.280 e. The molecule has 0 aliphatic carbocycles. The van der Waals surface area contributed by atoms with Crippen molar-refractivity contribution in [2.24, 2.45) is 0 Å². The molecule has 9 heteroatoms. The van der Waals surface area contributed by atoms with E-state index in [2.05, 4.69) is 15.9 Å². The minimum Gasteiger partial charge on any atom is -0.280 e. The molecule has 0 saturated heterocycles. The van der Waals surface area contributed by atoms with Gasteiger partial charge >= 0.3 is 6.18 Å². The van der Waals surface area contributed by atoms with Crippen molar-refractivity contribution >= 4 is 31.6 Å². The van der Waals surface area contributed by atoms with E-state index in [1.165, 1.54) is 6.07 Å². The minimum absolute atomic E-state index is 0.204. The van der Waals surface area contributed by atoms with Crippen LogP contribution in [0.4, 0.5) is 23.2 Å². The van der Waals surface area contributed by atoms with Crippen LogP contribution < -0.4 is 4.72 Å². The molecule has 0 aromatic heterocycles. The maximum Gasteiger partial charge on any atom is 0.417 e. The zero-order valence-electron chi connectivity index (χ0n) is 10.7. The molecule has 0 amide bonds. The number of alkyl halides is 3. The molecule has 0 unspecified atom stereocenters. The maximum atomic E-state index is 12.8. The minimum atomic E-state index is -4.63. The van der Waals surface area contributed by atoms with E-state index in [0.29, 0.717) is 6.07 Å². The topological polar surface area (TPSA) is 46.2 Å². The molecule has 0 bridgehead atoms. The molecule has 2 aromatic rings. The summed E-state index contributed by atoms with van der Waals surface area (Å²) in [7, 11) is -4.10. The summed E-state index contributed by atoms with van der Waals surface area (Å²) in [5, 5.41) is 0. The number of sulfonamides is 1. The van der Waals surface area contributed by atoms with Gasteiger partial charge in [-0.3, -0.25) is 4.72 Å². The van der Waals surface area contributed by atoms with Gasteiger partial charge in [-0.25, -0.2) is 12.8 Å². The first-order chi connectivity index (χ1) is 10.1. The number of nitrogens with one attached hydrogen (secondary N) is 1. The molecule has 0 aliphatic rings. The van der Waals surface area contributed by atoms with Crippen LogP contribution in [0.2, 0.25) is 0 Å². The van der Waals surface area contributed by atoms with Crippen molar-refractivity contribution in [3.05, 3.63) is 58.3 Å². The second-order valence-corrected chi connectivity index (χ2v) is 6.79. The molecule has 0 heterocycles. The Morgan fingerprint density at radius 2 is 1.59 bits per heavy atom. The summed E-state index contributed by atoms with van der Waals surface area (Å²) in [5.74, 6) is -0.623. The maximum absolute atomic E-state index is 12.8. The number of benzene rings is 2. The van der Waals surface area contributed by atoms with Crippen molar-refractivity contribution in [3.63, 3.8) is 0 Å². The summed E-state index contributed by atoms with van der Waals surface area (Å²) >= 11 is 2.76. The monoisotopic (exact) mass is 397 g/mol. The predicted octanol–water partition coefficient (Wildman–Crippen LogP) is 4.41. The third-order valence-electron chi connectivity index (χ3n) is 2.65. The van der Waals surface area contributed by atoms with Crippen molar-refractivity contribution in [2.45, 2.75) is 11.1 Å². The van der Waals surface area contributed by atoms with E-state index in [0.717, 1.165) is 30.3 Å². The van der Waals surface area contributed by atoms with E-state index in [-0.39, 0.29) is 15.1 Å². The van der Waals surface area contributed by atoms with Gasteiger partial charge in [-0.15, -0.1) is 0 Å². The van der Waals surface area contributed by atoms with Gasteiger partial charge in [0.1, 0.15) is 5.82 Å². The van der Waals surface area contributed by atoms with E-state index in [9.17, 15) is 26.0 Å². The molecule has 0 aliphatic heterocycles. The highest BCUT2D eigenvalue weighted by Crippen LogP contribution is 2.36. The molecular formula is C13H8BrF4NO2S. The summed E-state index contributed by atoms with van der Waals surface area (Å²) in [6, 6.07) is 6.86. The summed E-state index contributed by atoms with van der Waals surface area (Å²) in [6.07, 6.45) is -4.63. The van der Waals surface area contributed by atoms with Crippen molar-refractivity contribution in [1.29, 1.82) is 0 Å². The third-order valence-corrected chi connectivity index (χ3v) is 4.74. The molecule has 0 radical (unpaired) electrons. The summed E-state index contributed by atoms with van der Waals surface area (Å²) in [4.78, 5) is -0.259. The lowest BCUT2D eigenvalue weighted by molar-refractivity contribution is -0.138. The van der Waals surface area contributed by atoms with Crippen molar-refractivity contribution in [1.82, 2.24) is 0 Å². The molecule has 118 valence electrons. The molecule has 0 atom stereocenters. The van der Waals surface area contributed by atoms with Crippen LogP contribution in [0.3, 0.4) is 0 Å². The van der Waals surface area contributed by atoms with Crippen LogP contribution in [0.25, 0.3) is 0 Å². The summed E-state index contributed by atoms with van der Waals surface area (Å²) in [6.45, 7) is 0. The average Bonchev–Trinajstić information content (AvgIpc) is 2.40. The number of hydrogen-bond donors (Lipinski definition) is 1. The van der Waals surface area contributed by atoms with Gasteiger partial charge in [0.25, 0.3) is 10.0 Å². The van der Waals surface area contributed by atoms with Gasteiger partial charge in [-0.2, -0.15) is 13.2 Å². The van der Waals surface area contributed by atoms with Crippen LogP contribution in [0.15, 0.2) is 51.8 Å². The standard InChI is InChI=1S/C13H8BrF4NO2S/c14-12-6-3-9(7-11(12)13(16,17)18)19-22(20,21)10-4-1-8(15)2-5-10/h1-7,19H. The van der Waals surface area contributed by atoms with Gasteiger partial charge in [-0.05, 0) is 42.5 Å². The Hall–Kier alpha value is -1.61.